The maximum absolute atomic E-state index is 11.1. The summed E-state index contributed by atoms with van der Waals surface area (Å²) in [7, 11) is 1.38. The van der Waals surface area contributed by atoms with Gasteiger partial charge in [0, 0.05) is 11.5 Å². The van der Waals surface area contributed by atoms with Crippen LogP contribution in [0.1, 0.15) is 6.92 Å². The molecule has 0 amide bonds. The molecule has 0 radical (unpaired) electrons. The van der Waals surface area contributed by atoms with Crippen LogP contribution in [0.4, 0.5) is 0 Å². The minimum Gasteiger partial charge on any atom is -0.468 e. The number of nitrogens with one attached hydrogen (secondary N) is 1. The molecule has 0 rings (SSSR count). The van der Waals surface area contributed by atoms with Gasteiger partial charge in [0.2, 0.25) is 0 Å². The highest BCUT2D eigenvalue weighted by Gasteiger charge is 2.16. The van der Waals surface area contributed by atoms with Gasteiger partial charge in [0.15, 0.2) is 0 Å². The van der Waals surface area contributed by atoms with Gasteiger partial charge in [-0.1, -0.05) is 6.92 Å². The average molecular weight is 207 g/mol. The van der Waals surface area contributed by atoms with Gasteiger partial charge in [-0.3, -0.25) is 4.79 Å². The van der Waals surface area contributed by atoms with Crippen molar-refractivity contribution in [1.82, 2.24) is 5.32 Å². The van der Waals surface area contributed by atoms with Crippen LogP contribution in [0.2, 0.25) is 0 Å². The number of aliphatic hydroxyl groups is 1. The predicted octanol–water partition coefficient (Wildman–Crippen LogP) is -0.137. The molecule has 2 N–H and O–H groups in total. The van der Waals surface area contributed by atoms with E-state index >= 15 is 0 Å². The molecule has 0 aliphatic rings. The zero-order valence-electron chi connectivity index (χ0n) is 8.08. The molecule has 13 heavy (non-hydrogen) atoms. The second-order valence-electron chi connectivity index (χ2n) is 2.43. The van der Waals surface area contributed by atoms with E-state index < -0.39 is 0 Å². The molecule has 0 heterocycles. The lowest BCUT2D eigenvalue weighted by Crippen LogP contribution is -2.39. The van der Waals surface area contributed by atoms with Crippen molar-refractivity contribution in [1.29, 1.82) is 0 Å². The number of likely N-dealkylation sites (N-methyl/N-ethyl adjacent to an activating group) is 1. The first-order valence-corrected chi connectivity index (χ1v) is 5.41. The molecule has 0 aliphatic carbocycles. The van der Waals surface area contributed by atoms with Crippen molar-refractivity contribution in [3.05, 3.63) is 0 Å². The largest absolute Gasteiger partial charge is 0.468 e. The van der Waals surface area contributed by atoms with Crippen LogP contribution < -0.4 is 5.32 Å². The number of ether oxygens (including phenoxy) is 1. The van der Waals surface area contributed by atoms with E-state index in [2.05, 4.69) is 10.1 Å². The van der Waals surface area contributed by atoms with E-state index in [1.54, 1.807) is 0 Å². The van der Waals surface area contributed by atoms with Crippen LogP contribution in [0, 0.1) is 0 Å². The third-order valence-corrected chi connectivity index (χ3v) is 2.50. The van der Waals surface area contributed by atoms with E-state index in [1.807, 2.05) is 6.92 Å². The van der Waals surface area contributed by atoms with Crippen molar-refractivity contribution in [3.8, 4) is 0 Å². The van der Waals surface area contributed by atoms with E-state index in [1.165, 1.54) is 18.9 Å². The third-order valence-electron chi connectivity index (χ3n) is 1.46. The molecule has 0 aliphatic heterocycles. The molecule has 4 nitrogen and oxygen atoms in total. The van der Waals surface area contributed by atoms with Crippen LogP contribution in [0.5, 0.6) is 0 Å². The van der Waals surface area contributed by atoms with Crippen LogP contribution in [0.3, 0.4) is 0 Å². The van der Waals surface area contributed by atoms with Crippen LogP contribution in [0.15, 0.2) is 0 Å². The van der Waals surface area contributed by atoms with Crippen molar-refractivity contribution < 1.29 is 14.6 Å². The lowest BCUT2D eigenvalue weighted by atomic mass is 10.3. The highest BCUT2D eigenvalue weighted by atomic mass is 32.2. The lowest BCUT2D eigenvalue weighted by Gasteiger charge is -2.14. The van der Waals surface area contributed by atoms with Gasteiger partial charge in [-0.15, -0.1) is 0 Å². The van der Waals surface area contributed by atoms with Crippen molar-refractivity contribution in [2.75, 3.05) is 31.8 Å². The van der Waals surface area contributed by atoms with Crippen molar-refractivity contribution in [3.63, 3.8) is 0 Å². The summed E-state index contributed by atoms with van der Waals surface area (Å²) in [5.41, 5.74) is 0. The summed E-state index contributed by atoms with van der Waals surface area (Å²) in [6, 6.07) is -0.258. The number of rotatable bonds is 7. The predicted molar refractivity (Wildman–Crippen MR) is 53.9 cm³/mol. The van der Waals surface area contributed by atoms with Crippen LogP contribution in [-0.4, -0.2) is 48.9 Å². The summed E-state index contributed by atoms with van der Waals surface area (Å²) >= 11 is 1.53. The topological polar surface area (TPSA) is 58.6 Å². The maximum atomic E-state index is 11.1. The standard InChI is InChI=1S/C8H17NO3S/c1-3-9-7(8(11)12-2)6-13-5-4-10/h7,9-10H,3-6H2,1-2H3. The summed E-state index contributed by atoms with van der Waals surface area (Å²) < 4.78 is 4.62. The highest BCUT2D eigenvalue weighted by Crippen LogP contribution is 2.03. The summed E-state index contributed by atoms with van der Waals surface area (Å²) in [5, 5.41) is 11.6. The fourth-order valence-electron chi connectivity index (χ4n) is 0.865. The van der Waals surface area contributed by atoms with Gasteiger partial charge >= 0.3 is 5.97 Å². The molecular formula is C8H17NO3S. The Morgan fingerprint density at radius 1 is 1.69 bits per heavy atom. The second-order valence-corrected chi connectivity index (χ2v) is 3.58. The van der Waals surface area contributed by atoms with Gasteiger partial charge in [0.1, 0.15) is 6.04 Å². The lowest BCUT2D eigenvalue weighted by molar-refractivity contribution is -0.142. The first kappa shape index (κ1) is 12.7. The molecule has 0 fully saturated rings. The van der Waals surface area contributed by atoms with Gasteiger partial charge in [0.25, 0.3) is 0 Å². The number of carbonyl (C=O) groups excluding carboxylic acids is 1. The monoisotopic (exact) mass is 207 g/mol. The number of hydrogen-bond acceptors (Lipinski definition) is 5. The molecule has 0 bridgehead atoms. The average Bonchev–Trinajstić information content (AvgIpc) is 2.16. The molecule has 0 saturated carbocycles. The number of methoxy groups -OCH3 is 1. The minimum atomic E-state index is -0.258. The van der Waals surface area contributed by atoms with Gasteiger partial charge < -0.3 is 15.2 Å². The van der Waals surface area contributed by atoms with E-state index in [-0.39, 0.29) is 18.6 Å². The molecule has 0 spiro atoms. The highest BCUT2D eigenvalue weighted by molar-refractivity contribution is 7.99. The Morgan fingerprint density at radius 3 is 2.85 bits per heavy atom. The van der Waals surface area contributed by atoms with Crippen molar-refractivity contribution >= 4 is 17.7 Å². The van der Waals surface area contributed by atoms with Crippen molar-refractivity contribution in [2.24, 2.45) is 0 Å². The van der Waals surface area contributed by atoms with E-state index in [0.29, 0.717) is 11.5 Å². The Kier molecular flexibility index (Phi) is 8.18. The molecule has 5 heteroatoms. The minimum absolute atomic E-state index is 0.144. The zero-order chi connectivity index (χ0) is 10.1. The molecule has 0 saturated heterocycles. The Balaban J connectivity index is 3.73. The number of carbonyl (C=O) groups is 1. The third kappa shape index (κ3) is 5.90. The van der Waals surface area contributed by atoms with Crippen LogP contribution in [0.25, 0.3) is 0 Å². The molecule has 1 atom stereocenters. The van der Waals surface area contributed by atoms with E-state index in [0.717, 1.165) is 6.54 Å². The second kappa shape index (κ2) is 8.34. The number of aliphatic hydroxyl groups excluding tert-OH is 1. The molecule has 0 aromatic rings. The quantitative estimate of drug-likeness (QED) is 0.449. The number of thioether (sulfide) groups is 1. The number of hydrogen-bond donors (Lipinski definition) is 2. The van der Waals surface area contributed by atoms with Gasteiger partial charge in [-0.05, 0) is 6.54 Å². The normalized spacial score (nSPS) is 12.5. The SMILES string of the molecule is CCNC(CSCCO)C(=O)OC. The Hall–Kier alpha value is -0.260. The number of esters is 1. The molecule has 1 unspecified atom stereocenters. The first-order valence-electron chi connectivity index (χ1n) is 4.26. The Bertz CT molecular complexity index is 143. The zero-order valence-corrected chi connectivity index (χ0v) is 8.89. The van der Waals surface area contributed by atoms with Crippen LogP contribution in [-0.2, 0) is 9.53 Å². The summed E-state index contributed by atoms with van der Waals surface area (Å²) in [5.74, 6) is 1.05. The van der Waals surface area contributed by atoms with Gasteiger partial charge in [-0.25, -0.2) is 0 Å². The van der Waals surface area contributed by atoms with Crippen LogP contribution >= 0.6 is 11.8 Å². The fraction of sp³-hybridized carbons (Fsp3) is 0.875. The van der Waals surface area contributed by atoms with Crippen molar-refractivity contribution in [2.45, 2.75) is 13.0 Å². The molecular weight excluding hydrogens is 190 g/mol. The molecule has 78 valence electrons. The summed E-state index contributed by atoms with van der Waals surface area (Å²) in [4.78, 5) is 11.1. The van der Waals surface area contributed by atoms with E-state index in [9.17, 15) is 4.79 Å². The summed E-state index contributed by atoms with van der Waals surface area (Å²) in [6.07, 6.45) is 0. The maximum Gasteiger partial charge on any atom is 0.323 e. The van der Waals surface area contributed by atoms with Gasteiger partial charge in [-0.2, -0.15) is 11.8 Å². The van der Waals surface area contributed by atoms with E-state index in [4.69, 9.17) is 5.11 Å². The Labute approximate surface area is 83.0 Å². The smallest absolute Gasteiger partial charge is 0.323 e. The molecule has 0 aromatic carbocycles. The first-order chi connectivity index (χ1) is 6.26. The summed E-state index contributed by atoms with van der Waals surface area (Å²) in [6.45, 7) is 2.82. The fourth-order valence-corrected chi connectivity index (χ4v) is 1.65. The molecule has 0 aromatic heterocycles. The Morgan fingerprint density at radius 2 is 2.38 bits per heavy atom. The van der Waals surface area contributed by atoms with Gasteiger partial charge in [0.05, 0.1) is 13.7 Å².